The van der Waals surface area contributed by atoms with Crippen LogP contribution in [0.5, 0.6) is 11.5 Å². The summed E-state index contributed by atoms with van der Waals surface area (Å²) in [5, 5.41) is 20.5. The molecule has 0 spiro atoms. The van der Waals surface area contributed by atoms with E-state index in [9.17, 15) is 14.7 Å². The zero-order valence-electron chi connectivity index (χ0n) is 27.1. The van der Waals surface area contributed by atoms with Gasteiger partial charge in [-0.25, -0.2) is 0 Å². The van der Waals surface area contributed by atoms with Crippen LogP contribution in [0.15, 0.2) is 48.1 Å². The van der Waals surface area contributed by atoms with Gasteiger partial charge in [0.1, 0.15) is 11.9 Å². The van der Waals surface area contributed by atoms with Gasteiger partial charge in [0.05, 0.1) is 25.4 Å². The molecule has 4 rings (SSSR count). The quantitative estimate of drug-likeness (QED) is 0.232. The van der Waals surface area contributed by atoms with Gasteiger partial charge in [-0.3, -0.25) is 9.59 Å². The van der Waals surface area contributed by atoms with E-state index >= 15 is 0 Å². The number of nitrogens with one attached hydrogen (secondary N) is 4. The molecule has 0 saturated carbocycles. The van der Waals surface area contributed by atoms with Crippen molar-refractivity contribution >= 4 is 11.8 Å². The molecule has 1 aromatic heterocycles. The Morgan fingerprint density at radius 2 is 1.93 bits per heavy atom. The van der Waals surface area contributed by atoms with E-state index in [0.717, 1.165) is 50.0 Å². The van der Waals surface area contributed by atoms with Gasteiger partial charge in [-0.15, -0.1) is 0 Å². The third-order valence-electron chi connectivity index (χ3n) is 8.61. The molecule has 9 nitrogen and oxygen atoms in total. The number of aromatic amines is 1. The average Bonchev–Trinajstić information content (AvgIpc) is 3.46. The Hall–Kier alpha value is -4.16. The van der Waals surface area contributed by atoms with Gasteiger partial charge >= 0.3 is 5.97 Å². The van der Waals surface area contributed by atoms with Crippen molar-refractivity contribution in [3.05, 3.63) is 70.3 Å². The molecule has 3 heterocycles. The predicted molar refractivity (Wildman–Crippen MR) is 176 cm³/mol. The van der Waals surface area contributed by atoms with Crippen molar-refractivity contribution in [1.29, 1.82) is 0 Å². The van der Waals surface area contributed by atoms with E-state index < -0.39 is 12.0 Å². The first-order chi connectivity index (χ1) is 21.8. The summed E-state index contributed by atoms with van der Waals surface area (Å²) in [4.78, 5) is 28.9. The molecule has 9 heteroatoms. The number of H-pyrrole nitrogens is 1. The summed E-state index contributed by atoms with van der Waals surface area (Å²) in [6, 6.07) is 3.62. The lowest BCUT2D eigenvalue weighted by Crippen LogP contribution is -2.29. The number of hydrogen-bond acceptors (Lipinski definition) is 8. The molecule has 2 aliphatic rings. The first-order valence-corrected chi connectivity index (χ1v) is 16.0. The maximum absolute atomic E-state index is 13.6. The molecular weight excluding hydrogens is 568 g/mol. The van der Waals surface area contributed by atoms with Gasteiger partial charge in [-0.05, 0) is 85.5 Å². The Bertz CT molecular complexity index is 1450. The maximum atomic E-state index is 13.6. The zero-order valence-corrected chi connectivity index (χ0v) is 27.1. The van der Waals surface area contributed by atoms with E-state index in [2.05, 4.69) is 64.2 Å². The summed E-state index contributed by atoms with van der Waals surface area (Å²) in [6.45, 7) is 5.16. The fraction of sp³-hybridized carbons (Fsp3) is 0.500. The molecule has 5 N–H and O–H groups in total. The molecule has 0 fully saturated rings. The van der Waals surface area contributed by atoms with E-state index in [1.807, 2.05) is 6.07 Å². The summed E-state index contributed by atoms with van der Waals surface area (Å²) in [6.07, 6.45) is 13.7. The number of Topliss-reactive ketones (excluding diaryl/α,β-unsaturated/α-hetero) is 1. The summed E-state index contributed by atoms with van der Waals surface area (Å²) in [5.41, 5.74) is 5.38. The highest BCUT2D eigenvalue weighted by molar-refractivity contribution is 5.81. The van der Waals surface area contributed by atoms with Gasteiger partial charge in [-0.2, -0.15) is 0 Å². The predicted octanol–water partition coefficient (Wildman–Crippen LogP) is 4.77. The van der Waals surface area contributed by atoms with Crippen molar-refractivity contribution < 1.29 is 24.2 Å². The highest BCUT2D eigenvalue weighted by Gasteiger charge is 2.24. The SMILES string of the molecule is CC[C@@H]1CC[C@@H](OC(C)=O)CC(=O)C[C@H](c2cc(CNC)c(O)c(OC)c2)C#CCNC2=CC(=CCN2)CCc2c[nH]cc2C1. The fourth-order valence-electron chi connectivity index (χ4n) is 6.13. The number of methoxy groups -OCH3 is 1. The number of aromatic hydroxyl groups is 1. The minimum Gasteiger partial charge on any atom is -0.504 e. The number of phenols is 1. The number of aryl methyl sites for hydroxylation is 1. The monoisotopic (exact) mass is 616 g/mol. The van der Waals surface area contributed by atoms with Gasteiger partial charge < -0.3 is 35.5 Å². The molecule has 0 unspecified atom stereocenters. The van der Waals surface area contributed by atoms with Gasteiger partial charge in [0.2, 0.25) is 0 Å². The number of hydrogen-bond donors (Lipinski definition) is 5. The normalized spacial score (nSPS) is 21.4. The zero-order chi connectivity index (χ0) is 32.2. The van der Waals surface area contributed by atoms with Crippen molar-refractivity contribution in [2.45, 2.75) is 83.8 Å². The number of fused-ring (bicyclic) bond motifs is 2. The molecule has 0 aliphatic carbocycles. The second-order valence-electron chi connectivity index (χ2n) is 11.9. The lowest BCUT2D eigenvalue weighted by atomic mass is 9.88. The van der Waals surface area contributed by atoms with Gasteiger partial charge in [0.25, 0.3) is 0 Å². The lowest BCUT2D eigenvalue weighted by Gasteiger charge is -2.22. The number of carbonyl (C=O) groups is 2. The average molecular weight is 617 g/mol. The largest absolute Gasteiger partial charge is 0.504 e. The number of dihydropyridines is 1. The summed E-state index contributed by atoms with van der Waals surface area (Å²) in [5.74, 6) is 7.42. The topological polar surface area (TPSA) is 125 Å². The molecule has 2 bridgehead atoms. The third-order valence-corrected chi connectivity index (χ3v) is 8.61. The molecule has 2 aromatic rings. The molecule has 0 saturated heterocycles. The number of benzene rings is 1. The molecule has 1 aromatic carbocycles. The lowest BCUT2D eigenvalue weighted by molar-refractivity contribution is -0.148. The first kappa shape index (κ1) is 33.7. The summed E-state index contributed by atoms with van der Waals surface area (Å²) >= 11 is 0. The molecule has 2 aliphatic heterocycles. The minimum atomic E-state index is -0.492. The molecule has 45 heavy (non-hydrogen) atoms. The highest BCUT2D eigenvalue weighted by atomic mass is 16.5. The molecular formula is C36H48N4O5. The van der Waals surface area contributed by atoms with Gasteiger partial charge in [0, 0.05) is 50.8 Å². The van der Waals surface area contributed by atoms with Gasteiger partial charge in [0.15, 0.2) is 11.5 Å². The molecule has 242 valence electrons. The van der Waals surface area contributed by atoms with Gasteiger partial charge in [-0.1, -0.05) is 31.3 Å². The number of allylic oxidation sites excluding steroid dienone is 2. The second-order valence-corrected chi connectivity index (χ2v) is 11.9. The van der Waals surface area contributed by atoms with E-state index in [1.165, 1.54) is 30.7 Å². The van der Waals surface area contributed by atoms with Crippen molar-refractivity contribution in [3.8, 4) is 23.3 Å². The minimum absolute atomic E-state index is 0.0301. The van der Waals surface area contributed by atoms with Crippen LogP contribution < -0.4 is 20.7 Å². The van der Waals surface area contributed by atoms with Crippen molar-refractivity contribution in [1.82, 2.24) is 20.9 Å². The van der Waals surface area contributed by atoms with Crippen LogP contribution in [0.4, 0.5) is 0 Å². The molecule has 0 amide bonds. The fourth-order valence-corrected chi connectivity index (χ4v) is 6.13. The van der Waals surface area contributed by atoms with E-state index in [0.29, 0.717) is 36.7 Å². The number of ketones is 1. The van der Waals surface area contributed by atoms with E-state index in [4.69, 9.17) is 9.47 Å². The smallest absolute Gasteiger partial charge is 0.302 e. The van der Waals surface area contributed by atoms with E-state index in [1.54, 1.807) is 13.1 Å². The Labute approximate surface area is 267 Å². The van der Waals surface area contributed by atoms with Crippen LogP contribution in [0.1, 0.15) is 80.5 Å². The summed E-state index contributed by atoms with van der Waals surface area (Å²) < 4.78 is 11.1. The van der Waals surface area contributed by atoms with Crippen LogP contribution in [-0.4, -0.2) is 55.2 Å². The van der Waals surface area contributed by atoms with Crippen molar-refractivity contribution in [2.75, 3.05) is 27.2 Å². The Kier molecular flexibility index (Phi) is 12.6. The number of phenolic OH excluding ortho intramolecular Hbond substituents is 1. The first-order valence-electron chi connectivity index (χ1n) is 16.0. The van der Waals surface area contributed by atoms with Crippen molar-refractivity contribution in [3.63, 3.8) is 0 Å². The number of aromatic nitrogens is 1. The van der Waals surface area contributed by atoms with Crippen LogP contribution in [0.3, 0.4) is 0 Å². The summed E-state index contributed by atoms with van der Waals surface area (Å²) in [7, 11) is 3.31. The van der Waals surface area contributed by atoms with Crippen LogP contribution in [-0.2, 0) is 33.7 Å². The van der Waals surface area contributed by atoms with Crippen LogP contribution in [0.25, 0.3) is 0 Å². The number of carbonyl (C=O) groups excluding carboxylic acids is 2. The maximum Gasteiger partial charge on any atom is 0.302 e. The molecule has 3 atom stereocenters. The Morgan fingerprint density at radius 3 is 2.69 bits per heavy atom. The molecule has 0 radical (unpaired) electrons. The Morgan fingerprint density at radius 1 is 1.11 bits per heavy atom. The number of rotatable bonds is 6. The van der Waals surface area contributed by atoms with Crippen LogP contribution in [0.2, 0.25) is 0 Å². The number of ether oxygens (including phenoxy) is 2. The van der Waals surface area contributed by atoms with Crippen LogP contribution >= 0.6 is 0 Å². The second kappa shape index (κ2) is 16.8. The van der Waals surface area contributed by atoms with Crippen molar-refractivity contribution in [2.24, 2.45) is 5.92 Å². The number of esters is 1. The van der Waals surface area contributed by atoms with E-state index in [-0.39, 0.29) is 30.3 Å². The third kappa shape index (κ3) is 9.92. The standard InChI is InChI=1S/C36H48N4O5/c1-5-25-9-11-33(45-24(2)41)20-32(42)18-27(29-17-31(21-37-3)36(43)34(19-29)44-4)7-6-13-39-35-16-26(12-14-40-35)8-10-28-22-38-23-30(28)15-25/h12,16-17,19,22-23,25,27,33,37-40,43H,5,8-11,13-15,18,20-21H2,1-4H3/t25-,27-,33-/m1/s1. The highest BCUT2D eigenvalue weighted by Crippen LogP contribution is 2.35. The van der Waals surface area contributed by atoms with Crippen LogP contribution in [0, 0.1) is 17.8 Å². The Balaban J connectivity index is 1.65.